The van der Waals surface area contributed by atoms with Crippen LogP contribution in [0.15, 0.2) is 109 Å². The molecule has 4 aromatic carbocycles. The standard InChI is InChI=1S/C36H34N2O5/c1-36(2,3)28-12-17-30(18-13-28)43-31-16-11-26-22-37-32(21-27(26)20-31)34(39)38-33(35(40)41)19-24-9-14-29(15-10-24)42-23-25-7-5-4-6-8-25/h4-18,20-22,33H,19,23H2,1-3H3,(H,38,39)(H,40,41). The van der Waals surface area contributed by atoms with Crippen LogP contribution in [-0.2, 0) is 23.2 Å². The minimum Gasteiger partial charge on any atom is -0.489 e. The van der Waals surface area contributed by atoms with E-state index in [0.29, 0.717) is 23.9 Å². The summed E-state index contributed by atoms with van der Waals surface area (Å²) in [7, 11) is 0. The summed E-state index contributed by atoms with van der Waals surface area (Å²) in [4.78, 5) is 29.4. The van der Waals surface area contributed by atoms with Crippen LogP contribution in [0.2, 0.25) is 0 Å². The van der Waals surface area contributed by atoms with Crippen molar-refractivity contribution < 1.29 is 24.2 Å². The van der Waals surface area contributed by atoms with Crippen LogP contribution in [0.25, 0.3) is 10.8 Å². The van der Waals surface area contributed by atoms with Gasteiger partial charge >= 0.3 is 5.97 Å². The van der Waals surface area contributed by atoms with Crippen LogP contribution < -0.4 is 14.8 Å². The fraction of sp³-hybridized carbons (Fsp3) is 0.194. The van der Waals surface area contributed by atoms with Crippen molar-refractivity contribution in [2.24, 2.45) is 0 Å². The van der Waals surface area contributed by atoms with Gasteiger partial charge in [-0.3, -0.25) is 9.78 Å². The van der Waals surface area contributed by atoms with Gasteiger partial charge in [-0.15, -0.1) is 0 Å². The third kappa shape index (κ3) is 7.77. The van der Waals surface area contributed by atoms with E-state index >= 15 is 0 Å². The lowest BCUT2D eigenvalue weighted by atomic mass is 9.87. The maximum atomic E-state index is 13.1. The number of carbonyl (C=O) groups is 2. The molecule has 1 atom stereocenters. The molecule has 0 aliphatic rings. The van der Waals surface area contributed by atoms with Crippen molar-refractivity contribution in [1.82, 2.24) is 10.3 Å². The number of aromatic nitrogens is 1. The topological polar surface area (TPSA) is 97.8 Å². The molecule has 1 heterocycles. The Labute approximate surface area is 251 Å². The van der Waals surface area contributed by atoms with Gasteiger partial charge in [0.2, 0.25) is 0 Å². The number of ether oxygens (including phenoxy) is 2. The molecule has 0 bridgehead atoms. The van der Waals surface area contributed by atoms with Crippen molar-refractivity contribution >= 4 is 22.6 Å². The molecule has 1 unspecified atom stereocenters. The average molecular weight is 575 g/mol. The van der Waals surface area contributed by atoms with E-state index in [4.69, 9.17) is 9.47 Å². The molecule has 43 heavy (non-hydrogen) atoms. The Hall–Kier alpha value is -5.17. The molecule has 0 aliphatic carbocycles. The lowest BCUT2D eigenvalue weighted by Crippen LogP contribution is -2.42. The highest BCUT2D eigenvalue weighted by Gasteiger charge is 2.22. The van der Waals surface area contributed by atoms with Crippen LogP contribution in [-0.4, -0.2) is 28.0 Å². The van der Waals surface area contributed by atoms with Gasteiger partial charge in [0.15, 0.2) is 0 Å². The maximum Gasteiger partial charge on any atom is 0.326 e. The number of fused-ring (bicyclic) bond motifs is 1. The summed E-state index contributed by atoms with van der Waals surface area (Å²) in [6.07, 6.45) is 1.70. The molecule has 1 aromatic heterocycles. The van der Waals surface area contributed by atoms with E-state index in [2.05, 4.69) is 43.2 Å². The van der Waals surface area contributed by atoms with E-state index in [0.717, 1.165) is 21.9 Å². The fourth-order valence-electron chi connectivity index (χ4n) is 4.60. The highest BCUT2D eigenvalue weighted by atomic mass is 16.5. The molecule has 0 saturated heterocycles. The molecule has 7 heteroatoms. The van der Waals surface area contributed by atoms with E-state index in [9.17, 15) is 14.7 Å². The zero-order chi connectivity index (χ0) is 30.4. The smallest absolute Gasteiger partial charge is 0.326 e. The summed E-state index contributed by atoms with van der Waals surface area (Å²) >= 11 is 0. The Morgan fingerprint density at radius 1 is 0.791 bits per heavy atom. The van der Waals surface area contributed by atoms with Crippen molar-refractivity contribution in [2.75, 3.05) is 0 Å². The Bertz CT molecular complexity index is 1710. The quantitative estimate of drug-likeness (QED) is 0.181. The second-order valence-corrected chi connectivity index (χ2v) is 11.4. The summed E-state index contributed by atoms with van der Waals surface area (Å²) in [5.74, 6) is 0.301. The monoisotopic (exact) mass is 574 g/mol. The van der Waals surface area contributed by atoms with E-state index in [1.807, 2.05) is 60.7 Å². The molecular formula is C36H34N2O5. The number of benzene rings is 4. The minimum absolute atomic E-state index is 0.0489. The number of hydrogen-bond acceptors (Lipinski definition) is 5. The molecule has 5 aromatic rings. The third-order valence-electron chi connectivity index (χ3n) is 7.10. The van der Waals surface area contributed by atoms with Gasteiger partial charge in [0.25, 0.3) is 5.91 Å². The maximum absolute atomic E-state index is 13.1. The lowest BCUT2D eigenvalue weighted by molar-refractivity contribution is -0.139. The number of hydrogen-bond donors (Lipinski definition) is 2. The van der Waals surface area contributed by atoms with Crippen molar-refractivity contribution in [2.45, 2.75) is 45.3 Å². The summed E-state index contributed by atoms with van der Waals surface area (Å²) in [5, 5.41) is 14.0. The van der Waals surface area contributed by atoms with Gasteiger partial charge in [-0.05, 0) is 76.0 Å². The van der Waals surface area contributed by atoms with Gasteiger partial charge in [-0.2, -0.15) is 0 Å². The van der Waals surface area contributed by atoms with Gasteiger partial charge in [0.05, 0.1) is 0 Å². The SMILES string of the molecule is CC(C)(C)c1ccc(Oc2ccc3cnc(C(=O)NC(Cc4ccc(OCc5ccccc5)cc4)C(=O)O)cc3c2)cc1. The van der Waals surface area contributed by atoms with Crippen LogP contribution in [0, 0.1) is 0 Å². The Morgan fingerprint density at radius 2 is 1.47 bits per heavy atom. The minimum atomic E-state index is -1.13. The number of carboxylic acids is 1. The highest BCUT2D eigenvalue weighted by molar-refractivity contribution is 5.98. The summed E-state index contributed by atoms with van der Waals surface area (Å²) < 4.78 is 11.9. The molecule has 0 fully saturated rings. The zero-order valence-corrected chi connectivity index (χ0v) is 24.4. The second-order valence-electron chi connectivity index (χ2n) is 11.4. The van der Waals surface area contributed by atoms with Gasteiger partial charge in [0, 0.05) is 18.0 Å². The first kappa shape index (κ1) is 29.3. The van der Waals surface area contributed by atoms with Gasteiger partial charge in [0.1, 0.15) is 35.6 Å². The molecule has 7 nitrogen and oxygen atoms in total. The van der Waals surface area contributed by atoms with E-state index in [1.54, 1.807) is 36.5 Å². The number of nitrogens with zero attached hydrogens (tertiary/aromatic N) is 1. The predicted molar refractivity (Wildman–Crippen MR) is 167 cm³/mol. The molecule has 0 spiro atoms. The van der Waals surface area contributed by atoms with Crippen LogP contribution in [0.5, 0.6) is 17.2 Å². The van der Waals surface area contributed by atoms with Crippen molar-refractivity contribution in [1.29, 1.82) is 0 Å². The highest BCUT2D eigenvalue weighted by Crippen LogP contribution is 2.29. The first-order valence-corrected chi connectivity index (χ1v) is 14.1. The van der Waals surface area contributed by atoms with Crippen molar-refractivity contribution in [3.63, 3.8) is 0 Å². The van der Waals surface area contributed by atoms with E-state index < -0.39 is 17.9 Å². The zero-order valence-electron chi connectivity index (χ0n) is 24.4. The first-order chi connectivity index (χ1) is 20.6. The molecule has 1 amide bonds. The van der Waals surface area contributed by atoms with Crippen molar-refractivity contribution in [3.05, 3.63) is 132 Å². The Kier molecular flexibility index (Phi) is 8.71. The molecule has 218 valence electrons. The van der Waals surface area contributed by atoms with Crippen LogP contribution in [0.4, 0.5) is 0 Å². The third-order valence-corrected chi connectivity index (χ3v) is 7.10. The second kappa shape index (κ2) is 12.8. The number of amides is 1. The number of nitrogens with one attached hydrogen (secondary N) is 1. The lowest BCUT2D eigenvalue weighted by Gasteiger charge is -2.19. The molecule has 2 N–H and O–H groups in total. The molecule has 0 radical (unpaired) electrons. The van der Waals surface area contributed by atoms with E-state index in [1.165, 1.54) is 5.56 Å². The summed E-state index contributed by atoms with van der Waals surface area (Å²) in [6, 6.07) is 31.1. The largest absolute Gasteiger partial charge is 0.489 e. The van der Waals surface area contributed by atoms with E-state index in [-0.39, 0.29) is 17.5 Å². The first-order valence-electron chi connectivity index (χ1n) is 14.1. The predicted octanol–water partition coefficient (Wildman–Crippen LogP) is 7.33. The fourth-order valence-corrected chi connectivity index (χ4v) is 4.60. The number of rotatable bonds is 10. The number of aliphatic carboxylic acids is 1. The number of pyridine rings is 1. The molecular weight excluding hydrogens is 540 g/mol. The molecule has 0 saturated carbocycles. The Balaban J connectivity index is 1.23. The van der Waals surface area contributed by atoms with Gasteiger partial charge in [-0.1, -0.05) is 75.4 Å². The average Bonchev–Trinajstić information content (AvgIpc) is 3.00. The molecule has 5 rings (SSSR count). The van der Waals surface area contributed by atoms with Crippen LogP contribution >= 0.6 is 0 Å². The normalized spacial score (nSPS) is 12.0. The summed E-state index contributed by atoms with van der Waals surface area (Å²) in [6.45, 7) is 6.92. The number of carboxylic acid groups (broad SMARTS) is 1. The molecule has 0 aliphatic heterocycles. The number of carbonyl (C=O) groups excluding carboxylic acids is 1. The van der Waals surface area contributed by atoms with Gasteiger partial charge in [-0.25, -0.2) is 4.79 Å². The van der Waals surface area contributed by atoms with Crippen molar-refractivity contribution in [3.8, 4) is 17.2 Å². The van der Waals surface area contributed by atoms with Crippen LogP contribution in [0.1, 0.15) is 48.0 Å². The summed E-state index contributed by atoms with van der Waals surface area (Å²) in [5.41, 5.74) is 3.19. The van der Waals surface area contributed by atoms with Crippen LogP contribution in [0.3, 0.4) is 0 Å². The van der Waals surface area contributed by atoms with Gasteiger partial charge < -0.3 is 19.9 Å². The Morgan fingerprint density at radius 3 is 2.14 bits per heavy atom.